The van der Waals surface area contributed by atoms with Crippen molar-refractivity contribution in [2.45, 2.75) is 6.18 Å². The van der Waals surface area contributed by atoms with Crippen LogP contribution < -0.4 is 10.1 Å². The van der Waals surface area contributed by atoms with E-state index in [0.717, 1.165) is 0 Å². The number of hydrogen-bond donors (Lipinski definition) is 1. The van der Waals surface area contributed by atoms with Crippen molar-refractivity contribution in [3.63, 3.8) is 0 Å². The Kier molecular flexibility index (Phi) is 4.88. The van der Waals surface area contributed by atoms with Gasteiger partial charge in [0.2, 0.25) is 11.8 Å². The topological polar surface area (TPSA) is 90.2 Å². The van der Waals surface area contributed by atoms with E-state index in [-0.39, 0.29) is 23.1 Å². The Balaban J connectivity index is 1.94. The number of benzene rings is 2. The van der Waals surface area contributed by atoms with Gasteiger partial charge in [-0.25, -0.2) is 4.98 Å². The van der Waals surface area contributed by atoms with Gasteiger partial charge in [-0.15, -0.1) is 0 Å². The van der Waals surface area contributed by atoms with Gasteiger partial charge in [-0.1, -0.05) is 24.3 Å². The SMILES string of the molecule is O=[N+]([O-])c1cccc(Nc2ncc(C(F)(F)F)c(Oc3ccccc3)n2)c1. The second-order valence-corrected chi connectivity index (χ2v) is 5.26. The average molecular weight is 376 g/mol. The summed E-state index contributed by atoms with van der Waals surface area (Å²) in [4.78, 5) is 17.6. The lowest BCUT2D eigenvalue weighted by molar-refractivity contribution is -0.384. The molecular formula is C17H11F3N4O3. The fourth-order valence-electron chi connectivity index (χ4n) is 2.13. The number of halogens is 3. The molecule has 0 bridgehead atoms. The molecule has 0 aliphatic rings. The van der Waals surface area contributed by atoms with Gasteiger partial charge < -0.3 is 10.1 Å². The summed E-state index contributed by atoms with van der Waals surface area (Å²) in [6, 6.07) is 13.3. The molecule has 0 spiro atoms. The van der Waals surface area contributed by atoms with E-state index < -0.39 is 22.5 Å². The molecule has 0 amide bonds. The van der Waals surface area contributed by atoms with Crippen LogP contribution in [-0.2, 0) is 6.18 Å². The molecule has 0 aliphatic heterocycles. The first-order valence-electron chi connectivity index (χ1n) is 7.51. The van der Waals surface area contributed by atoms with E-state index in [1.807, 2.05) is 0 Å². The van der Waals surface area contributed by atoms with Gasteiger partial charge in [0.15, 0.2) is 0 Å². The predicted molar refractivity (Wildman–Crippen MR) is 89.9 cm³/mol. The lowest BCUT2D eigenvalue weighted by atomic mass is 10.3. The molecule has 2 aromatic carbocycles. The molecule has 10 heteroatoms. The van der Waals surface area contributed by atoms with Gasteiger partial charge in [-0.3, -0.25) is 10.1 Å². The van der Waals surface area contributed by atoms with Crippen molar-refractivity contribution in [3.8, 4) is 11.6 Å². The fourth-order valence-corrected chi connectivity index (χ4v) is 2.13. The van der Waals surface area contributed by atoms with Gasteiger partial charge in [0.25, 0.3) is 5.69 Å². The summed E-state index contributed by atoms with van der Waals surface area (Å²) in [5.74, 6) is -0.714. The van der Waals surface area contributed by atoms with Gasteiger partial charge in [0.1, 0.15) is 11.3 Å². The second kappa shape index (κ2) is 7.28. The molecule has 7 nitrogen and oxygen atoms in total. The minimum Gasteiger partial charge on any atom is -0.438 e. The van der Waals surface area contributed by atoms with Gasteiger partial charge in [-0.05, 0) is 18.2 Å². The summed E-state index contributed by atoms with van der Waals surface area (Å²) in [5.41, 5.74) is -1.08. The van der Waals surface area contributed by atoms with Crippen LogP contribution >= 0.6 is 0 Å². The maximum atomic E-state index is 13.2. The molecule has 0 saturated carbocycles. The fraction of sp³-hybridized carbons (Fsp3) is 0.0588. The van der Waals surface area contributed by atoms with Crippen molar-refractivity contribution in [1.82, 2.24) is 9.97 Å². The number of hydrogen-bond acceptors (Lipinski definition) is 6. The van der Waals surface area contributed by atoms with Gasteiger partial charge in [0, 0.05) is 24.0 Å². The van der Waals surface area contributed by atoms with Crippen molar-refractivity contribution in [2.75, 3.05) is 5.32 Å². The zero-order valence-electron chi connectivity index (χ0n) is 13.5. The third-order valence-corrected chi connectivity index (χ3v) is 3.33. The van der Waals surface area contributed by atoms with Crippen molar-refractivity contribution < 1.29 is 22.8 Å². The van der Waals surface area contributed by atoms with E-state index in [4.69, 9.17) is 4.74 Å². The highest BCUT2D eigenvalue weighted by molar-refractivity contribution is 5.58. The van der Waals surface area contributed by atoms with Crippen LogP contribution in [0.2, 0.25) is 0 Å². The Morgan fingerprint density at radius 3 is 2.48 bits per heavy atom. The maximum absolute atomic E-state index is 13.2. The zero-order valence-corrected chi connectivity index (χ0v) is 13.5. The molecule has 1 N–H and O–H groups in total. The molecule has 3 rings (SSSR count). The molecule has 1 aromatic heterocycles. The second-order valence-electron chi connectivity index (χ2n) is 5.26. The molecule has 0 fully saturated rings. The molecule has 3 aromatic rings. The number of nitrogens with zero attached hydrogens (tertiary/aromatic N) is 3. The lowest BCUT2D eigenvalue weighted by Gasteiger charge is -2.14. The molecule has 0 saturated heterocycles. The van der Waals surface area contributed by atoms with Crippen LogP contribution in [-0.4, -0.2) is 14.9 Å². The Bertz CT molecular complexity index is 965. The molecule has 0 radical (unpaired) electrons. The van der Waals surface area contributed by atoms with Crippen LogP contribution in [0.15, 0.2) is 60.8 Å². The number of alkyl halides is 3. The number of non-ortho nitro benzene ring substituents is 1. The standard InChI is InChI=1S/C17H11F3N4O3/c18-17(19,20)14-10-21-16(22-11-5-4-6-12(9-11)24(25)26)23-15(14)27-13-7-2-1-3-8-13/h1-10H,(H,21,22,23). The van der Waals surface area contributed by atoms with E-state index in [2.05, 4.69) is 15.3 Å². The van der Waals surface area contributed by atoms with Crippen molar-refractivity contribution >= 4 is 17.3 Å². The molecule has 0 unspecified atom stereocenters. The van der Waals surface area contributed by atoms with Crippen molar-refractivity contribution in [1.29, 1.82) is 0 Å². The third-order valence-electron chi connectivity index (χ3n) is 3.33. The van der Waals surface area contributed by atoms with Crippen LogP contribution in [0.4, 0.5) is 30.5 Å². The Morgan fingerprint density at radius 2 is 1.81 bits per heavy atom. The minimum atomic E-state index is -4.71. The monoisotopic (exact) mass is 376 g/mol. The van der Waals surface area contributed by atoms with Crippen LogP contribution in [0.5, 0.6) is 11.6 Å². The highest BCUT2D eigenvalue weighted by Gasteiger charge is 2.36. The van der Waals surface area contributed by atoms with Crippen molar-refractivity contribution in [3.05, 3.63) is 76.5 Å². The van der Waals surface area contributed by atoms with E-state index in [1.165, 1.54) is 36.4 Å². The van der Waals surface area contributed by atoms with E-state index in [9.17, 15) is 23.3 Å². The Morgan fingerprint density at radius 1 is 1.07 bits per heavy atom. The van der Waals surface area contributed by atoms with Gasteiger partial charge in [-0.2, -0.15) is 18.2 Å². The highest BCUT2D eigenvalue weighted by atomic mass is 19.4. The average Bonchev–Trinajstić information content (AvgIpc) is 2.62. The number of anilines is 2. The van der Waals surface area contributed by atoms with Crippen LogP contribution in [0.25, 0.3) is 0 Å². The number of para-hydroxylation sites is 1. The summed E-state index contributed by atoms with van der Waals surface area (Å²) < 4.78 is 44.8. The lowest BCUT2D eigenvalue weighted by Crippen LogP contribution is -2.11. The predicted octanol–water partition coefficient (Wildman–Crippen LogP) is 4.94. The van der Waals surface area contributed by atoms with Gasteiger partial charge in [0.05, 0.1) is 4.92 Å². The number of rotatable bonds is 5. The van der Waals surface area contributed by atoms with Crippen molar-refractivity contribution in [2.24, 2.45) is 0 Å². The molecule has 0 aliphatic carbocycles. The largest absolute Gasteiger partial charge is 0.438 e. The summed E-state index contributed by atoms with van der Waals surface area (Å²) in [6.07, 6.45) is -4.13. The summed E-state index contributed by atoms with van der Waals surface area (Å²) in [5, 5.41) is 13.4. The number of aromatic nitrogens is 2. The number of ether oxygens (including phenoxy) is 1. The zero-order chi connectivity index (χ0) is 19.4. The Labute approximate surface area is 150 Å². The van der Waals surface area contributed by atoms with E-state index >= 15 is 0 Å². The molecular weight excluding hydrogens is 365 g/mol. The van der Waals surface area contributed by atoms with Crippen LogP contribution in [0.1, 0.15) is 5.56 Å². The first-order chi connectivity index (χ1) is 12.8. The molecule has 27 heavy (non-hydrogen) atoms. The molecule has 138 valence electrons. The summed E-state index contributed by atoms with van der Waals surface area (Å²) in [6.45, 7) is 0. The van der Waals surface area contributed by atoms with E-state index in [0.29, 0.717) is 6.20 Å². The Hall–Kier alpha value is -3.69. The smallest absolute Gasteiger partial charge is 0.423 e. The van der Waals surface area contributed by atoms with Gasteiger partial charge >= 0.3 is 6.18 Å². The number of nitrogens with one attached hydrogen (secondary N) is 1. The number of nitro benzene ring substituents is 1. The molecule has 0 atom stereocenters. The highest BCUT2D eigenvalue weighted by Crippen LogP contribution is 2.37. The maximum Gasteiger partial charge on any atom is 0.423 e. The summed E-state index contributed by atoms with van der Waals surface area (Å²) >= 11 is 0. The first kappa shape index (κ1) is 18.1. The van der Waals surface area contributed by atoms with E-state index in [1.54, 1.807) is 18.2 Å². The summed E-state index contributed by atoms with van der Waals surface area (Å²) in [7, 11) is 0. The number of nitro groups is 1. The third kappa shape index (κ3) is 4.48. The van der Waals surface area contributed by atoms with Crippen LogP contribution in [0, 0.1) is 10.1 Å². The molecule has 1 heterocycles. The normalized spacial score (nSPS) is 11.1. The minimum absolute atomic E-state index is 0.169. The van der Waals surface area contributed by atoms with Crippen LogP contribution in [0.3, 0.4) is 0 Å². The first-order valence-corrected chi connectivity index (χ1v) is 7.51. The quantitative estimate of drug-likeness (QED) is 0.501.